The Hall–Kier alpha value is -4.19. The number of hydrogen-bond donors (Lipinski definition) is 1. The maximum atomic E-state index is 12.3. The van der Waals surface area contributed by atoms with Crippen LogP contribution in [-0.2, 0) is 11.3 Å². The number of benzene rings is 3. The molecule has 0 saturated carbocycles. The van der Waals surface area contributed by atoms with Gasteiger partial charge in [-0.15, -0.1) is 0 Å². The van der Waals surface area contributed by atoms with Crippen LogP contribution in [0.2, 0.25) is 0 Å². The predicted molar refractivity (Wildman–Crippen MR) is 112 cm³/mol. The van der Waals surface area contributed by atoms with Crippen LogP contribution >= 0.6 is 0 Å². The molecule has 1 N–H and O–H groups in total. The zero-order valence-corrected chi connectivity index (χ0v) is 15.9. The number of aromatic nitrogens is 1. The van der Waals surface area contributed by atoms with E-state index in [2.05, 4.69) is 10.3 Å². The van der Waals surface area contributed by atoms with Gasteiger partial charge in [0.05, 0.1) is 11.8 Å². The van der Waals surface area contributed by atoms with E-state index in [0.717, 1.165) is 5.56 Å². The maximum absolute atomic E-state index is 12.3. The average Bonchev–Trinajstić information content (AvgIpc) is 3.28. The molecule has 0 bridgehead atoms. The lowest BCUT2D eigenvalue weighted by atomic mass is 10.2. The molecule has 0 fully saturated rings. The number of nitrogens with zero attached hydrogens (tertiary/aromatic N) is 1. The number of esters is 1. The molecule has 1 aromatic heterocycles. The Balaban J connectivity index is 1.33. The minimum Gasteiger partial charge on any atom is -0.454 e. The van der Waals surface area contributed by atoms with Crippen LogP contribution in [0.1, 0.15) is 26.5 Å². The third-order valence-corrected chi connectivity index (χ3v) is 4.33. The van der Waals surface area contributed by atoms with Crippen molar-refractivity contribution in [3.05, 3.63) is 108 Å². The number of carbonyl (C=O) groups is 2. The van der Waals surface area contributed by atoms with Gasteiger partial charge in [0.1, 0.15) is 0 Å². The van der Waals surface area contributed by atoms with Crippen molar-refractivity contribution in [2.45, 2.75) is 6.61 Å². The Morgan fingerprint density at radius 2 is 1.50 bits per heavy atom. The number of amides is 1. The molecule has 1 amide bonds. The number of anilines is 1. The summed E-state index contributed by atoms with van der Waals surface area (Å²) in [5.41, 5.74) is 2.37. The van der Waals surface area contributed by atoms with Gasteiger partial charge in [-0.05, 0) is 48.5 Å². The predicted octanol–water partition coefficient (Wildman–Crippen LogP) is 4.95. The van der Waals surface area contributed by atoms with Crippen LogP contribution in [0.5, 0.6) is 0 Å². The highest BCUT2D eigenvalue weighted by Crippen LogP contribution is 2.19. The molecule has 6 nitrogen and oxygen atoms in total. The lowest BCUT2D eigenvalue weighted by Crippen LogP contribution is -2.12. The second kappa shape index (κ2) is 8.87. The van der Waals surface area contributed by atoms with Gasteiger partial charge in [-0.1, -0.05) is 36.4 Å². The lowest BCUT2D eigenvalue weighted by molar-refractivity contribution is 0.0446. The molecule has 0 unspecified atom stereocenters. The second-order valence-corrected chi connectivity index (χ2v) is 6.47. The molecule has 0 saturated heterocycles. The Morgan fingerprint density at radius 3 is 2.20 bits per heavy atom. The quantitative estimate of drug-likeness (QED) is 0.465. The van der Waals surface area contributed by atoms with Gasteiger partial charge >= 0.3 is 5.97 Å². The van der Waals surface area contributed by atoms with E-state index in [-0.39, 0.29) is 12.5 Å². The summed E-state index contributed by atoms with van der Waals surface area (Å²) in [6.45, 7) is -0.0227. The number of rotatable bonds is 6. The summed E-state index contributed by atoms with van der Waals surface area (Å²) >= 11 is 0. The van der Waals surface area contributed by atoms with Gasteiger partial charge in [0.15, 0.2) is 12.4 Å². The zero-order chi connectivity index (χ0) is 20.8. The van der Waals surface area contributed by atoms with Crippen LogP contribution in [0.15, 0.2) is 95.5 Å². The fraction of sp³-hybridized carbons (Fsp3) is 0.0417. The minimum atomic E-state index is -0.492. The number of nitrogens with one attached hydrogen (secondary N) is 1. The van der Waals surface area contributed by atoms with Crippen molar-refractivity contribution in [3.63, 3.8) is 0 Å². The van der Waals surface area contributed by atoms with Crippen LogP contribution in [0.25, 0.3) is 11.5 Å². The second-order valence-electron chi connectivity index (χ2n) is 6.47. The molecule has 0 aliphatic rings. The van der Waals surface area contributed by atoms with Crippen molar-refractivity contribution in [3.8, 4) is 11.5 Å². The molecule has 4 rings (SSSR count). The normalized spacial score (nSPS) is 10.4. The summed E-state index contributed by atoms with van der Waals surface area (Å²) in [5, 5.41) is 2.79. The summed E-state index contributed by atoms with van der Waals surface area (Å²) in [5.74, 6) is 0.216. The highest BCUT2D eigenvalue weighted by molar-refractivity contribution is 6.04. The van der Waals surface area contributed by atoms with Gasteiger partial charge in [-0.25, -0.2) is 9.78 Å². The summed E-state index contributed by atoms with van der Waals surface area (Å²) in [7, 11) is 0. The standard InChI is InChI=1S/C24H18N2O4/c27-22(17-7-3-1-4-8-17)26-20-13-11-19(12-14-20)24(28)29-16-21-15-25-23(30-21)18-9-5-2-6-10-18/h1-15H,16H2,(H,26,27). The first-order valence-electron chi connectivity index (χ1n) is 9.33. The van der Waals surface area contributed by atoms with Gasteiger partial charge in [0, 0.05) is 16.8 Å². The molecule has 0 aliphatic heterocycles. The highest BCUT2D eigenvalue weighted by Gasteiger charge is 2.12. The SMILES string of the molecule is O=C(Nc1ccc(C(=O)OCc2cnc(-c3ccccc3)o2)cc1)c1ccccc1. The van der Waals surface area contributed by atoms with Crippen LogP contribution < -0.4 is 5.32 Å². The molecular formula is C24H18N2O4. The van der Waals surface area contributed by atoms with Gasteiger partial charge in [-0.2, -0.15) is 0 Å². The van der Waals surface area contributed by atoms with Crippen molar-refractivity contribution in [1.29, 1.82) is 0 Å². The van der Waals surface area contributed by atoms with Crippen LogP contribution in [0.3, 0.4) is 0 Å². The number of oxazole rings is 1. The van der Waals surface area contributed by atoms with E-state index in [9.17, 15) is 9.59 Å². The van der Waals surface area contributed by atoms with Gasteiger partial charge in [0.2, 0.25) is 5.89 Å². The van der Waals surface area contributed by atoms with E-state index in [1.54, 1.807) is 48.5 Å². The number of ether oxygens (including phenoxy) is 1. The molecule has 6 heteroatoms. The van der Waals surface area contributed by atoms with Crippen LogP contribution in [0, 0.1) is 0 Å². The van der Waals surface area contributed by atoms with Crippen molar-refractivity contribution < 1.29 is 18.7 Å². The Bertz CT molecular complexity index is 1140. The van der Waals surface area contributed by atoms with E-state index in [0.29, 0.717) is 28.5 Å². The van der Waals surface area contributed by atoms with E-state index in [1.807, 2.05) is 36.4 Å². The van der Waals surface area contributed by atoms with Gasteiger partial charge in [0.25, 0.3) is 5.91 Å². The average molecular weight is 398 g/mol. The summed E-state index contributed by atoms with van der Waals surface area (Å²) in [4.78, 5) is 28.7. The first-order chi connectivity index (χ1) is 14.7. The molecule has 30 heavy (non-hydrogen) atoms. The summed E-state index contributed by atoms with van der Waals surface area (Å²) in [6.07, 6.45) is 1.54. The molecule has 4 aromatic rings. The Labute approximate surface area is 173 Å². The largest absolute Gasteiger partial charge is 0.454 e. The monoisotopic (exact) mass is 398 g/mol. The fourth-order valence-corrected chi connectivity index (χ4v) is 2.79. The lowest BCUT2D eigenvalue weighted by Gasteiger charge is -2.07. The molecule has 0 spiro atoms. The molecular weight excluding hydrogens is 380 g/mol. The van der Waals surface area contributed by atoms with Crippen molar-refractivity contribution in [1.82, 2.24) is 4.98 Å². The topological polar surface area (TPSA) is 81.4 Å². The van der Waals surface area contributed by atoms with E-state index < -0.39 is 5.97 Å². The van der Waals surface area contributed by atoms with Crippen molar-refractivity contribution in [2.24, 2.45) is 0 Å². The fourth-order valence-electron chi connectivity index (χ4n) is 2.79. The molecule has 3 aromatic carbocycles. The molecule has 148 valence electrons. The third-order valence-electron chi connectivity index (χ3n) is 4.33. The van der Waals surface area contributed by atoms with E-state index in [1.165, 1.54) is 6.20 Å². The smallest absolute Gasteiger partial charge is 0.338 e. The van der Waals surface area contributed by atoms with E-state index >= 15 is 0 Å². The Kier molecular flexibility index (Phi) is 5.66. The van der Waals surface area contributed by atoms with Crippen molar-refractivity contribution >= 4 is 17.6 Å². The minimum absolute atomic E-state index is 0.0227. The van der Waals surface area contributed by atoms with Crippen molar-refractivity contribution in [2.75, 3.05) is 5.32 Å². The molecule has 0 atom stereocenters. The molecule has 0 aliphatic carbocycles. The molecule has 1 heterocycles. The number of hydrogen-bond acceptors (Lipinski definition) is 5. The van der Waals surface area contributed by atoms with Gasteiger partial charge < -0.3 is 14.5 Å². The van der Waals surface area contributed by atoms with Crippen LogP contribution in [0.4, 0.5) is 5.69 Å². The molecule has 0 radical (unpaired) electrons. The highest BCUT2D eigenvalue weighted by atomic mass is 16.5. The first kappa shape index (κ1) is 19.1. The maximum Gasteiger partial charge on any atom is 0.338 e. The third kappa shape index (κ3) is 4.62. The Morgan fingerprint density at radius 1 is 0.833 bits per heavy atom. The summed E-state index contributed by atoms with van der Waals surface area (Å²) in [6, 6.07) is 24.9. The van der Waals surface area contributed by atoms with Crippen LogP contribution in [-0.4, -0.2) is 16.9 Å². The zero-order valence-electron chi connectivity index (χ0n) is 15.9. The van der Waals surface area contributed by atoms with Gasteiger partial charge in [-0.3, -0.25) is 4.79 Å². The first-order valence-corrected chi connectivity index (χ1v) is 9.33. The summed E-state index contributed by atoms with van der Waals surface area (Å²) < 4.78 is 10.9. The van der Waals surface area contributed by atoms with E-state index in [4.69, 9.17) is 9.15 Å². The number of carbonyl (C=O) groups excluding carboxylic acids is 2.